The SMILES string of the molecule is CC(C)C12CCC(CC1(F)F)C2(C)C. The van der Waals surface area contributed by atoms with Gasteiger partial charge in [-0.2, -0.15) is 0 Å². The van der Waals surface area contributed by atoms with Crippen molar-refractivity contribution in [2.75, 3.05) is 0 Å². The molecule has 0 spiro atoms. The molecule has 0 nitrogen and oxygen atoms in total. The Morgan fingerprint density at radius 3 is 2.00 bits per heavy atom. The van der Waals surface area contributed by atoms with Crippen molar-refractivity contribution in [2.45, 2.75) is 52.9 Å². The van der Waals surface area contributed by atoms with E-state index in [0.717, 1.165) is 12.8 Å². The van der Waals surface area contributed by atoms with Crippen LogP contribution < -0.4 is 0 Å². The minimum Gasteiger partial charge on any atom is -0.206 e. The third kappa shape index (κ3) is 0.838. The highest BCUT2D eigenvalue weighted by molar-refractivity contribution is 5.17. The summed E-state index contributed by atoms with van der Waals surface area (Å²) < 4.78 is 28.1. The van der Waals surface area contributed by atoms with Gasteiger partial charge in [-0.15, -0.1) is 0 Å². The molecule has 2 aliphatic carbocycles. The van der Waals surface area contributed by atoms with Crippen molar-refractivity contribution in [1.29, 1.82) is 0 Å². The maximum absolute atomic E-state index is 14.0. The minimum atomic E-state index is -2.44. The topological polar surface area (TPSA) is 0 Å². The molecule has 2 aliphatic rings. The number of hydrogen-bond acceptors (Lipinski definition) is 0. The van der Waals surface area contributed by atoms with E-state index in [1.54, 1.807) is 0 Å². The van der Waals surface area contributed by atoms with E-state index in [2.05, 4.69) is 0 Å². The van der Waals surface area contributed by atoms with Crippen LogP contribution in [0.25, 0.3) is 0 Å². The molecule has 0 aliphatic heterocycles. The second-order valence-electron chi connectivity index (χ2n) is 5.99. The molecule has 0 aromatic rings. The third-order valence-electron chi connectivity index (χ3n) is 5.20. The van der Waals surface area contributed by atoms with Gasteiger partial charge in [-0.1, -0.05) is 27.7 Å². The highest BCUT2D eigenvalue weighted by Crippen LogP contribution is 2.74. The van der Waals surface area contributed by atoms with Crippen molar-refractivity contribution in [3.63, 3.8) is 0 Å². The van der Waals surface area contributed by atoms with Gasteiger partial charge in [0, 0.05) is 11.8 Å². The summed E-state index contributed by atoms with van der Waals surface area (Å²) in [7, 11) is 0. The summed E-state index contributed by atoms with van der Waals surface area (Å²) in [5.41, 5.74) is -0.907. The zero-order valence-electron chi connectivity index (χ0n) is 9.53. The molecule has 0 heterocycles. The average molecular weight is 202 g/mol. The molecular weight excluding hydrogens is 182 g/mol. The van der Waals surface area contributed by atoms with Crippen LogP contribution in [0.3, 0.4) is 0 Å². The van der Waals surface area contributed by atoms with Gasteiger partial charge < -0.3 is 0 Å². The Morgan fingerprint density at radius 1 is 1.21 bits per heavy atom. The van der Waals surface area contributed by atoms with E-state index >= 15 is 0 Å². The molecule has 2 fully saturated rings. The fraction of sp³-hybridized carbons (Fsp3) is 1.00. The van der Waals surface area contributed by atoms with Gasteiger partial charge in [0.2, 0.25) is 0 Å². The molecule has 2 heteroatoms. The summed E-state index contributed by atoms with van der Waals surface area (Å²) in [6.07, 6.45) is 1.84. The van der Waals surface area contributed by atoms with Crippen molar-refractivity contribution in [3.05, 3.63) is 0 Å². The van der Waals surface area contributed by atoms with E-state index in [1.807, 2.05) is 27.7 Å². The molecule has 0 aromatic carbocycles. The number of halogens is 2. The molecule has 2 rings (SSSR count). The Kier molecular flexibility index (Phi) is 1.86. The molecule has 2 atom stereocenters. The van der Waals surface area contributed by atoms with Gasteiger partial charge in [0.25, 0.3) is 5.92 Å². The van der Waals surface area contributed by atoms with Gasteiger partial charge in [-0.25, -0.2) is 8.78 Å². The van der Waals surface area contributed by atoms with Gasteiger partial charge in [-0.3, -0.25) is 0 Å². The standard InChI is InChI=1S/C12H20F2/c1-8(2)11-6-5-9(10(11,3)4)7-12(11,13)14/h8-9H,5-7H2,1-4H3. The normalized spacial score (nSPS) is 43.5. The first-order chi connectivity index (χ1) is 6.26. The number of fused-ring (bicyclic) bond motifs is 2. The number of alkyl halides is 2. The molecule has 2 bridgehead atoms. The summed E-state index contributed by atoms with van der Waals surface area (Å²) in [6.45, 7) is 8.02. The van der Waals surface area contributed by atoms with Crippen molar-refractivity contribution in [2.24, 2.45) is 22.7 Å². The lowest BCUT2D eigenvalue weighted by Crippen LogP contribution is -2.47. The van der Waals surface area contributed by atoms with E-state index in [-0.39, 0.29) is 23.7 Å². The van der Waals surface area contributed by atoms with E-state index in [9.17, 15) is 8.78 Å². The minimum absolute atomic E-state index is 0.0833. The van der Waals surface area contributed by atoms with Crippen molar-refractivity contribution < 1.29 is 8.78 Å². The van der Waals surface area contributed by atoms with Crippen LogP contribution in [0.2, 0.25) is 0 Å². The van der Waals surface area contributed by atoms with Crippen LogP contribution in [0.1, 0.15) is 47.0 Å². The van der Waals surface area contributed by atoms with Gasteiger partial charge in [0.05, 0.1) is 0 Å². The molecule has 2 saturated carbocycles. The second-order valence-corrected chi connectivity index (χ2v) is 5.99. The Hall–Kier alpha value is -0.140. The van der Waals surface area contributed by atoms with Crippen molar-refractivity contribution in [1.82, 2.24) is 0 Å². The van der Waals surface area contributed by atoms with Crippen LogP contribution in [0.5, 0.6) is 0 Å². The predicted octanol–water partition coefficient (Wildman–Crippen LogP) is 4.10. The van der Waals surface area contributed by atoms with Crippen LogP contribution in [-0.2, 0) is 0 Å². The van der Waals surface area contributed by atoms with Crippen LogP contribution in [-0.4, -0.2) is 5.92 Å². The quantitative estimate of drug-likeness (QED) is 0.600. The second kappa shape index (κ2) is 2.51. The van der Waals surface area contributed by atoms with Gasteiger partial charge in [0.1, 0.15) is 0 Å². The van der Waals surface area contributed by atoms with Gasteiger partial charge in [0.15, 0.2) is 0 Å². The smallest absolute Gasteiger partial charge is 0.206 e. The summed E-state index contributed by atoms with van der Waals surface area (Å²) in [4.78, 5) is 0. The first-order valence-electron chi connectivity index (χ1n) is 5.63. The molecule has 0 saturated heterocycles. The fourth-order valence-electron chi connectivity index (χ4n) is 4.41. The lowest BCUT2D eigenvalue weighted by molar-refractivity contribution is -0.157. The predicted molar refractivity (Wildman–Crippen MR) is 53.3 cm³/mol. The van der Waals surface area contributed by atoms with E-state index in [0.29, 0.717) is 0 Å². The zero-order valence-corrected chi connectivity index (χ0v) is 9.53. The summed E-state index contributed by atoms with van der Waals surface area (Å²) in [6, 6.07) is 0. The lowest BCUT2D eigenvalue weighted by atomic mass is 9.61. The Labute approximate surface area is 85.1 Å². The van der Waals surface area contributed by atoms with Crippen molar-refractivity contribution >= 4 is 0 Å². The van der Waals surface area contributed by atoms with Gasteiger partial charge >= 0.3 is 0 Å². The Morgan fingerprint density at radius 2 is 1.79 bits per heavy atom. The molecule has 0 radical (unpaired) electrons. The maximum atomic E-state index is 14.0. The molecule has 82 valence electrons. The summed E-state index contributed by atoms with van der Waals surface area (Å²) >= 11 is 0. The monoisotopic (exact) mass is 202 g/mol. The average Bonchev–Trinajstić information content (AvgIpc) is 2.31. The Balaban J connectivity index is 2.52. The first-order valence-corrected chi connectivity index (χ1v) is 5.63. The molecule has 0 aromatic heterocycles. The fourth-order valence-corrected chi connectivity index (χ4v) is 4.41. The van der Waals surface area contributed by atoms with E-state index in [1.165, 1.54) is 0 Å². The van der Waals surface area contributed by atoms with Gasteiger partial charge in [-0.05, 0) is 30.1 Å². The number of hydrogen-bond donors (Lipinski definition) is 0. The van der Waals surface area contributed by atoms with E-state index in [4.69, 9.17) is 0 Å². The summed E-state index contributed by atoms with van der Waals surface area (Å²) in [5, 5.41) is 0. The first kappa shape index (κ1) is 10.4. The molecular formula is C12H20F2. The largest absolute Gasteiger partial charge is 0.254 e. The summed E-state index contributed by atoms with van der Waals surface area (Å²) in [5.74, 6) is -2.12. The van der Waals surface area contributed by atoms with Crippen molar-refractivity contribution in [3.8, 4) is 0 Å². The van der Waals surface area contributed by atoms with Crippen LogP contribution in [0.15, 0.2) is 0 Å². The molecule has 2 unspecified atom stereocenters. The highest BCUT2D eigenvalue weighted by Gasteiger charge is 2.73. The zero-order chi connectivity index (χ0) is 10.8. The molecule has 0 amide bonds. The lowest BCUT2D eigenvalue weighted by Gasteiger charge is -2.45. The highest BCUT2D eigenvalue weighted by atomic mass is 19.3. The van der Waals surface area contributed by atoms with Crippen LogP contribution >= 0.6 is 0 Å². The van der Waals surface area contributed by atoms with E-state index < -0.39 is 11.3 Å². The molecule has 14 heavy (non-hydrogen) atoms. The third-order valence-corrected chi connectivity index (χ3v) is 5.20. The van der Waals surface area contributed by atoms with Crippen LogP contribution in [0.4, 0.5) is 8.78 Å². The maximum Gasteiger partial charge on any atom is 0.254 e. The Bertz CT molecular complexity index is 255. The molecule has 0 N–H and O–H groups in total. The number of rotatable bonds is 1. The van der Waals surface area contributed by atoms with Crippen LogP contribution in [0, 0.1) is 22.7 Å².